The highest BCUT2D eigenvalue weighted by atomic mass is 32.2. The molecule has 43 heavy (non-hydrogen) atoms. The van der Waals surface area contributed by atoms with Gasteiger partial charge in [0.25, 0.3) is 15.9 Å². The molecule has 2 saturated heterocycles. The van der Waals surface area contributed by atoms with E-state index in [-0.39, 0.29) is 30.2 Å². The molecule has 1 N–H and O–H groups in total. The van der Waals surface area contributed by atoms with E-state index in [4.69, 9.17) is 4.74 Å². The van der Waals surface area contributed by atoms with Gasteiger partial charge in [-0.2, -0.15) is 17.6 Å². The van der Waals surface area contributed by atoms with E-state index in [0.717, 1.165) is 40.2 Å². The number of nitrogens with zero attached hydrogens (tertiary/aromatic N) is 4. The number of carbonyl (C=O) groups excluding carboxylic acids is 3. The molecule has 1 atom stereocenters. The number of carbonyl (C=O) groups is 3. The highest BCUT2D eigenvalue weighted by molar-refractivity contribution is 7.89. The van der Waals surface area contributed by atoms with Gasteiger partial charge in [-0.05, 0) is 56.6 Å². The Morgan fingerprint density at radius 2 is 1.86 bits per heavy atom. The standard InChI is InChI=1S/C29H27F2N5O6S/c30-22-4-1-18(11-23(22)31)43(40,41)36-14-17(12-32-36)13-34-9-7-29(8-10-34)16-42-26-20-15-35(24-5-6-25(37)33-27(24)38)28(39)19(20)2-3-21(26)29/h1-4,11-12,14,24H,5-10,13,15-16H2,(H,33,37,38)/t24-/m0/s1. The first-order valence-corrected chi connectivity index (χ1v) is 15.4. The highest BCUT2D eigenvalue weighted by Gasteiger charge is 2.47. The Kier molecular flexibility index (Phi) is 6.40. The van der Waals surface area contributed by atoms with Crippen molar-refractivity contribution >= 4 is 27.7 Å². The second-order valence-electron chi connectivity index (χ2n) is 11.5. The van der Waals surface area contributed by atoms with Gasteiger partial charge in [0.1, 0.15) is 11.8 Å². The molecule has 0 saturated carbocycles. The lowest BCUT2D eigenvalue weighted by Gasteiger charge is -2.38. The number of fused-ring (bicyclic) bond motifs is 4. The number of ether oxygens (including phenoxy) is 1. The minimum absolute atomic E-state index is 0.190. The summed E-state index contributed by atoms with van der Waals surface area (Å²) in [6.07, 6.45) is 4.88. The molecule has 0 bridgehead atoms. The molecule has 2 fully saturated rings. The van der Waals surface area contributed by atoms with Crippen LogP contribution in [0, 0.1) is 11.6 Å². The summed E-state index contributed by atoms with van der Waals surface area (Å²) in [6.45, 7) is 2.61. The van der Waals surface area contributed by atoms with Crippen LogP contribution in [0.4, 0.5) is 8.78 Å². The molecule has 3 aromatic rings. The van der Waals surface area contributed by atoms with E-state index in [1.807, 2.05) is 12.1 Å². The van der Waals surface area contributed by atoms with Gasteiger partial charge in [-0.25, -0.2) is 8.78 Å². The smallest absolute Gasteiger partial charge is 0.283 e. The third kappa shape index (κ3) is 4.50. The summed E-state index contributed by atoms with van der Waals surface area (Å²) in [7, 11) is -4.18. The molecule has 0 radical (unpaired) electrons. The fourth-order valence-corrected chi connectivity index (χ4v) is 7.75. The molecule has 224 valence electrons. The summed E-state index contributed by atoms with van der Waals surface area (Å²) in [5.74, 6) is -2.70. The Balaban J connectivity index is 1.03. The first-order chi connectivity index (χ1) is 20.6. The van der Waals surface area contributed by atoms with Crippen LogP contribution in [0.1, 0.15) is 52.7 Å². The van der Waals surface area contributed by atoms with E-state index >= 15 is 0 Å². The summed E-state index contributed by atoms with van der Waals surface area (Å²) in [5.41, 5.74) is 2.78. The average Bonchev–Trinajstić information content (AvgIpc) is 3.69. The van der Waals surface area contributed by atoms with E-state index in [1.54, 1.807) is 0 Å². The Bertz CT molecular complexity index is 1800. The maximum Gasteiger partial charge on any atom is 0.283 e. The van der Waals surface area contributed by atoms with Crippen molar-refractivity contribution < 1.29 is 36.3 Å². The molecule has 0 unspecified atom stereocenters. The van der Waals surface area contributed by atoms with Gasteiger partial charge in [0.15, 0.2) is 11.6 Å². The summed E-state index contributed by atoms with van der Waals surface area (Å²) < 4.78 is 59.6. The lowest BCUT2D eigenvalue weighted by atomic mass is 9.74. The quantitative estimate of drug-likeness (QED) is 0.434. The van der Waals surface area contributed by atoms with Gasteiger partial charge >= 0.3 is 0 Å². The van der Waals surface area contributed by atoms with Crippen molar-refractivity contribution in [1.82, 2.24) is 24.3 Å². The van der Waals surface area contributed by atoms with E-state index < -0.39 is 38.5 Å². The van der Waals surface area contributed by atoms with Gasteiger partial charge in [0, 0.05) is 46.8 Å². The summed E-state index contributed by atoms with van der Waals surface area (Å²) in [5, 5.41) is 6.29. The minimum Gasteiger partial charge on any atom is -0.492 e. The maximum absolute atomic E-state index is 13.6. The van der Waals surface area contributed by atoms with Crippen LogP contribution in [-0.2, 0) is 38.1 Å². The molecule has 11 nitrogen and oxygen atoms in total. The van der Waals surface area contributed by atoms with Gasteiger partial charge < -0.3 is 9.64 Å². The molecular formula is C29H27F2N5O6S. The molecular weight excluding hydrogens is 584 g/mol. The van der Waals surface area contributed by atoms with Crippen LogP contribution in [0.5, 0.6) is 5.75 Å². The van der Waals surface area contributed by atoms with Crippen LogP contribution in [0.3, 0.4) is 0 Å². The van der Waals surface area contributed by atoms with E-state index in [0.29, 0.717) is 55.6 Å². The number of hydrogen-bond donors (Lipinski definition) is 1. The normalized spacial score (nSPS) is 21.6. The number of imide groups is 1. The molecule has 4 aliphatic rings. The first kappa shape index (κ1) is 27.7. The third-order valence-electron chi connectivity index (χ3n) is 9.00. The Morgan fingerprint density at radius 1 is 1.07 bits per heavy atom. The largest absolute Gasteiger partial charge is 0.492 e. The number of rotatable bonds is 5. The van der Waals surface area contributed by atoms with Crippen molar-refractivity contribution in [2.75, 3.05) is 19.7 Å². The zero-order valence-electron chi connectivity index (χ0n) is 22.9. The minimum atomic E-state index is -4.18. The lowest BCUT2D eigenvalue weighted by molar-refractivity contribution is -0.136. The zero-order chi connectivity index (χ0) is 30.1. The molecule has 3 amide bonds. The van der Waals surface area contributed by atoms with Crippen LogP contribution >= 0.6 is 0 Å². The van der Waals surface area contributed by atoms with Crippen LogP contribution in [0.2, 0.25) is 0 Å². The van der Waals surface area contributed by atoms with Crippen molar-refractivity contribution in [2.24, 2.45) is 0 Å². The second-order valence-corrected chi connectivity index (χ2v) is 13.3. The molecule has 1 spiro atoms. The van der Waals surface area contributed by atoms with Crippen molar-refractivity contribution in [3.05, 3.63) is 76.6 Å². The predicted octanol–water partition coefficient (Wildman–Crippen LogP) is 2.09. The maximum atomic E-state index is 13.6. The Morgan fingerprint density at radius 3 is 2.60 bits per heavy atom. The molecule has 7 rings (SSSR count). The summed E-state index contributed by atoms with van der Waals surface area (Å²) >= 11 is 0. The number of halogens is 2. The van der Waals surface area contributed by atoms with Crippen molar-refractivity contribution in [1.29, 1.82) is 0 Å². The number of aromatic nitrogens is 2. The third-order valence-corrected chi connectivity index (χ3v) is 10.5. The lowest BCUT2D eigenvalue weighted by Crippen LogP contribution is -2.52. The molecule has 1 aromatic heterocycles. The van der Waals surface area contributed by atoms with E-state index in [2.05, 4.69) is 15.3 Å². The van der Waals surface area contributed by atoms with Crippen LogP contribution in [0.15, 0.2) is 47.6 Å². The number of likely N-dealkylation sites (tertiary alicyclic amines) is 1. The monoisotopic (exact) mass is 611 g/mol. The van der Waals surface area contributed by atoms with E-state index in [1.165, 1.54) is 17.3 Å². The zero-order valence-corrected chi connectivity index (χ0v) is 23.7. The molecule has 0 aliphatic carbocycles. The topological polar surface area (TPSA) is 131 Å². The first-order valence-electron chi connectivity index (χ1n) is 14.0. The van der Waals surface area contributed by atoms with Crippen LogP contribution in [0.25, 0.3) is 0 Å². The van der Waals surface area contributed by atoms with Gasteiger partial charge in [-0.15, -0.1) is 0 Å². The number of benzene rings is 2. The van der Waals surface area contributed by atoms with Gasteiger partial charge in [-0.1, -0.05) is 6.07 Å². The summed E-state index contributed by atoms with van der Waals surface area (Å²) in [6, 6.07) is 5.47. The van der Waals surface area contributed by atoms with Gasteiger partial charge in [-0.3, -0.25) is 24.6 Å². The number of amides is 3. The molecule has 4 aliphatic heterocycles. The van der Waals surface area contributed by atoms with Crippen LogP contribution < -0.4 is 10.1 Å². The Hall–Kier alpha value is -4.17. The molecule has 2 aromatic carbocycles. The average molecular weight is 612 g/mol. The van der Waals surface area contributed by atoms with Crippen molar-refractivity contribution in [3.63, 3.8) is 0 Å². The van der Waals surface area contributed by atoms with Gasteiger partial charge in [0.2, 0.25) is 11.8 Å². The number of hydrogen-bond acceptors (Lipinski definition) is 8. The van der Waals surface area contributed by atoms with Crippen molar-refractivity contribution in [2.45, 2.75) is 55.1 Å². The molecule has 5 heterocycles. The highest BCUT2D eigenvalue weighted by Crippen LogP contribution is 2.49. The van der Waals surface area contributed by atoms with Crippen LogP contribution in [-0.4, -0.2) is 70.9 Å². The van der Waals surface area contributed by atoms with Gasteiger partial charge in [0.05, 0.1) is 24.2 Å². The predicted molar refractivity (Wildman–Crippen MR) is 145 cm³/mol. The molecule has 14 heteroatoms. The van der Waals surface area contributed by atoms with E-state index in [9.17, 15) is 31.6 Å². The number of nitrogens with one attached hydrogen (secondary N) is 1. The second kappa shape index (κ2) is 9.95. The summed E-state index contributed by atoms with van der Waals surface area (Å²) in [4.78, 5) is 40.6. The number of piperidine rings is 2. The fraction of sp³-hybridized carbons (Fsp3) is 0.379. The van der Waals surface area contributed by atoms with Crippen molar-refractivity contribution in [3.8, 4) is 5.75 Å². The SMILES string of the molecule is O=C1CC[C@H](N2Cc3c(ccc4c3OCC43CCN(Cc4cnn(S(=O)(=O)c5ccc(F)c(F)c5)c4)CC3)C2=O)C(=O)N1. The fourth-order valence-electron chi connectivity index (χ4n) is 6.59. The Labute approximate surface area is 245 Å².